The average molecular weight is 309 g/mol. The Kier molecular flexibility index (Phi) is 3.18. The second-order valence-electron chi connectivity index (χ2n) is 5.48. The van der Waals surface area contributed by atoms with Crippen molar-refractivity contribution in [1.82, 2.24) is 24.8 Å². The summed E-state index contributed by atoms with van der Waals surface area (Å²) in [6, 6.07) is 11.3. The summed E-state index contributed by atoms with van der Waals surface area (Å²) in [7, 11) is 0. The van der Waals surface area contributed by atoms with Gasteiger partial charge in [0.25, 0.3) is 5.91 Å². The molecule has 7 heteroatoms. The molecule has 0 bridgehead atoms. The number of benzene rings is 1. The minimum absolute atomic E-state index is 0.150. The highest BCUT2D eigenvalue weighted by molar-refractivity contribution is 5.93. The van der Waals surface area contributed by atoms with Gasteiger partial charge in [-0.25, -0.2) is 0 Å². The number of fused-ring (bicyclic) bond motifs is 1. The largest absolute Gasteiger partial charge is 0.355 e. The predicted octanol–water partition coefficient (Wildman–Crippen LogP) is 1.90. The lowest BCUT2D eigenvalue weighted by Crippen LogP contribution is -2.38. The van der Waals surface area contributed by atoms with Crippen molar-refractivity contribution in [2.45, 2.75) is 20.0 Å². The molecular formula is C16H15N5O2. The molecule has 4 rings (SSSR count). The molecule has 1 aromatic carbocycles. The summed E-state index contributed by atoms with van der Waals surface area (Å²) in [6.45, 7) is 3.66. The Hall–Kier alpha value is -2.96. The Morgan fingerprint density at radius 2 is 2.00 bits per heavy atom. The van der Waals surface area contributed by atoms with Crippen molar-refractivity contribution < 1.29 is 9.32 Å². The molecule has 3 aromatic rings. The number of carbonyl (C=O) groups excluding carboxylic acids is 1. The Labute approximate surface area is 132 Å². The number of aromatic nitrogens is 4. The summed E-state index contributed by atoms with van der Waals surface area (Å²) in [6.07, 6.45) is 0. The molecule has 1 aliphatic heterocycles. The third-order valence-corrected chi connectivity index (χ3v) is 4.01. The van der Waals surface area contributed by atoms with E-state index in [4.69, 9.17) is 4.52 Å². The molecule has 2 aromatic heterocycles. The summed E-state index contributed by atoms with van der Waals surface area (Å²) in [5, 5.41) is 12.1. The molecule has 1 amide bonds. The molecule has 0 unspecified atom stereocenters. The first-order chi connectivity index (χ1) is 11.2. The van der Waals surface area contributed by atoms with E-state index in [1.54, 1.807) is 11.0 Å². The predicted molar refractivity (Wildman–Crippen MR) is 81.4 cm³/mol. The average Bonchev–Trinajstić information content (AvgIpc) is 3.22. The van der Waals surface area contributed by atoms with Crippen molar-refractivity contribution in [1.29, 1.82) is 0 Å². The van der Waals surface area contributed by atoms with E-state index in [0.29, 0.717) is 31.1 Å². The fraction of sp³-hybridized carbons (Fsp3) is 0.250. The molecule has 0 aliphatic carbocycles. The summed E-state index contributed by atoms with van der Waals surface area (Å²) in [5.74, 6) is 2.11. The normalized spacial score (nSPS) is 13.9. The Bertz CT molecular complexity index is 852. The SMILES string of the molecule is Cc1nnc2n1CCN(C(=O)c1cc(-c3ccccc3)on1)C2. The van der Waals surface area contributed by atoms with Gasteiger partial charge in [0.1, 0.15) is 5.82 Å². The number of aryl methyl sites for hydroxylation is 1. The van der Waals surface area contributed by atoms with E-state index in [-0.39, 0.29) is 5.91 Å². The number of nitrogens with zero attached hydrogens (tertiary/aromatic N) is 5. The minimum Gasteiger partial charge on any atom is -0.355 e. The lowest BCUT2D eigenvalue weighted by molar-refractivity contribution is 0.0696. The molecule has 1 aliphatic rings. The fourth-order valence-electron chi connectivity index (χ4n) is 2.75. The topological polar surface area (TPSA) is 77.0 Å². The van der Waals surface area contributed by atoms with Crippen molar-refractivity contribution >= 4 is 5.91 Å². The molecule has 3 heterocycles. The molecule has 0 spiro atoms. The Morgan fingerprint density at radius 3 is 2.83 bits per heavy atom. The molecular weight excluding hydrogens is 294 g/mol. The van der Waals surface area contributed by atoms with E-state index in [1.807, 2.05) is 41.8 Å². The van der Waals surface area contributed by atoms with Gasteiger partial charge in [-0.2, -0.15) is 0 Å². The zero-order valence-corrected chi connectivity index (χ0v) is 12.6. The summed E-state index contributed by atoms with van der Waals surface area (Å²) < 4.78 is 7.34. The third-order valence-electron chi connectivity index (χ3n) is 4.01. The standard InChI is InChI=1S/C16H15N5O2/c1-11-17-18-15-10-20(7-8-21(11)15)16(22)13-9-14(23-19-13)12-5-3-2-4-6-12/h2-6,9H,7-8,10H2,1H3. The monoisotopic (exact) mass is 309 g/mol. The number of hydrogen-bond donors (Lipinski definition) is 0. The lowest BCUT2D eigenvalue weighted by Gasteiger charge is -2.26. The van der Waals surface area contributed by atoms with E-state index in [0.717, 1.165) is 17.2 Å². The maximum Gasteiger partial charge on any atom is 0.276 e. The lowest BCUT2D eigenvalue weighted by atomic mass is 10.1. The molecule has 7 nitrogen and oxygen atoms in total. The number of rotatable bonds is 2. The van der Waals surface area contributed by atoms with E-state index in [2.05, 4.69) is 15.4 Å². The molecule has 0 saturated heterocycles. The van der Waals surface area contributed by atoms with Gasteiger partial charge in [-0.05, 0) is 6.92 Å². The van der Waals surface area contributed by atoms with E-state index in [1.165, 1.54) is 0 Å². The van der Waals surface area contributed by atoms with Crippen molar-refractivity contribution in [3.63, 3.8) is 0 Å². The van der Waals surface area contributed by atoms with E-state index < -0.39 is 0 Å². The minimum atomic E-state index is -0.150. The molecule has 0 radical (unpaired) electrons. The number of hydrogen-bond acceptors (Lipinski definition) is 5. The number of amides is 1. The van der Waals surface area contributed by atoms with Gasteiger partial charge in [0, 0.05) is 24.7 Å². The highest BCUT2D eigenvalue weighted by Gasteiger charge is 2.26. The first-order valence-electron chi connectivity index (χ1n) is 7.42. The van der Waals surface area contributed by atoms with Gasteiger partial charge in [0.15, 0.2) is 17.3 Å². The van der Waals surface area contributed by atoms with Crippen LogP contribution in [0.4, 0.5) is 0 Å². The van der Waals surface area contributed by atoms with Crippen molar-refractivity contribution in [3.8, 4) is 11.3 Å². The highest BCUT2D eigenvalue weighted by atomic mass is 16.5. The van der Waals surface area contributed by atoms with Crippen molar-refractivity contribution in [2.24, 2.45) is 0 Å². The van der Waals surface area contributed by atoms with Crippen LogP contribution in [-0.2, 0) is 13.1 Å². The second-order valence-corrected chi connectivity index (χ2v) is 5.48. The zero-order valence-electron chi connectivity index (χ0n) is 12.6. The van der Waals surface area contributed by atoms with Crippen LogP contribution >= 0.6 is 0 Å². The van der Waals surface area contributed by atoms with Crippen LogP contribution in [0, 0.1) is 6.92 Å². The molecule has 0 fully saturated rings. The molecule has 116 valence electrons. The zero-order chi connectivity index (χ0) is 15.8. The van der Waals surface area contributed by atoms with Crippen LogP contribution in [0.2, 0.25) is 0 Å². The Balaban J connectivity index is 1.55. The van der Waals surface area contributed by atoms with Gasteiger partial charge in [-0.3, -0.25) is 4.79 Å². The second kappa shape index (κ2) is 5.35. The molecule has 0 saturated carbocycles. The summed E-state index contributed by atoms with van der Waals surface area (Å²) >= 11 is 0. The molecule has 0 N–H and O–H groups in total. The van der Waals surface area contributed by atoms with Gasteiger partial charge in [-0.15, -0.1) is 10.2 Å². The van der Waals surface area contributed by atoms with Crippen LogP contribution in [0.15, 0.2) is 40.9 Å². The van der Waals surface area contributed by atoms with Crippen LogP contribution in [0.3, 0.4) is 0 Å². The summed E-state index contributed by atoms with van der Waals surface area (Å²) in [4.78, 5) is 14.3. The first-order valence-corrected chi connectivity index (χ1v) is 7.42. The smallest absolute Gasteiger partial charge is 0.276 e. The maximum atomic E-state index is 12.6. The van der Waals surface area contributed by atoms with E-state index >= 15 is 0 Å². The van der Waals surface area contributed by atoms with E-state index in [9.17, 15) is 4.79 Å². The van der Waals surface area contributed by atoms with Gasteiger partial charge < -0.3 is 14.0 Å². The first kappa shape index (κ1) is 13.7. The fourth-order valence-corrected chi connectivity index (χ4v) is 2.75. The van der Waals surface area contributed by atoms with Gasteiger partial charge in [-0.1, -0.05) is 35.5 Å². The Morgan fingerprint density at radius 1 is 1.17 bits per heavy atom. The van der Waals surface area contributed by atoms with Crippen LogP contribution in [-0.4, -0.2) is 37.3 Å². The third kappa shape index (κ3) is 2.40. The molecule has 23 heavy (non-hydrogen) atoms. The highest BCUT2D eigenvalue weighted by Crippen LogP contribution is 2.21. The van der Waals surface area contributed by atoms with Crippen LogP contribution in [0.25, 0.3) is 11.3 Å². The van der Waals surface area contributed by atoms with Gasteiger partial charge in [0.2, 0.25) is 0 Å². The van der Waals surface area contributed by atoms with Crippen LogP contribution in [0.1, 0.15) is 22.1 Å². The quantitative estimate of drug-likeness (QED) is 0.722. The summed E-state index contributed by atoms with van der Waals surface area (Å²) in [5.41, 5.74) is 1.21. The van der Waals surface area contributed by atoms with Crippen molar-refractivity contribution in [3.05, 3.63) is 53.7 Å². The van der Waals surface area contributed by atoms with Crippen molar-refractivity contribution in [2.75, 3.05) is 6.54 Å². The van der Waals surface area contributed by atoms with Crippen LogP contribution < -0.4 is 0 Å². The van der Waals surface area contributed by atoms with Gasteiger partial charge >= 0.3 is 0 Å². The van der Waals surface area contributed by atoms with Crippen LogP contribution in [0.5, 0.6) is 0 Å². The maximum absolute atomic E-state index is 12.6. The van der Waals surface area contributed by atoms with Gasteiger partial charge in [0.05, 0.1) is 6.54 Å². The molecule has 0 atom stereocenters. The number of carbonyl (C=O) groups is 1.